The highest BCUT2D eigenvalue weighted by Crippen LogP contribution is 2.39. The molecule has 2 aromatic rings. The van der Waals surface area contributed by atoms with Crippen LogP contribution >= 0.6 is 34.8 Å². The van der Waals surface area contributed by atoms with Gasteiger partial charge >= 0.3 is 0 Å². The minimum atomic E-state index is -1.79. The molecular formula is C11H2Cl3F4N. The normalized spacial score (nSPS) is 10.9. The first-order chi connectivity index (χ1) is 8.82. The zero-order valence-corrected chi connectivity index (χ0v) is 11.0. The van der Waals surface area contributed by atoms with Crippen LogP contribution in [0, 0.1) is 23.5 Å². The van der Waals surface area contributed by atoms with E-state index in [9.17, 15) is 17.6 Å². The highest BCUT2D eigenvalue weighted by Gasteiger charge is 2.24. The van der Waals surface area contributed by atoms with Gasteiger partial charge in [0, 0.05) is 10.6 Å². The third-order valence-electron chi connectivity index (χ3n) is 2.26. The first kappa shape index (κ1) is 14.4. The molecule has 0 bridgehead atoms. The lowest BCUT2D eigenvalue weighted by Crippen LogP contribution is -2.03. The van der Waals surface area contributed by atoms with E-state index < -0.39 is 29.1 Å². The van der Waals surface area contributed by atoms with E-state index in [4.69, 9.17) is 34.8 Å². The summed E-state index contributed by atoms with van der Waals surface area (Å²) in [5, 5.41) is -0.393. The smallest absolute Gasteiger partial charge is 0.201 e. The minimum absolute atomic E-state index is 0.000767. The molecule has 0 atom stereocenters. The molecule has 0 aliphatic carbocycles. The standard InChI is InChI=1S/C11H2Cl3F4N/c12-3-1-4(7(14)5(13)2-3)6-8(15)10(17)19-11(18)9(6)16/h1-2H. The van der Waals surface area contributed by atoms with Gasteiger partial charge in [-0.25, -0.2) is 8.78 Å². The number of hydrogen-bond donors (Lipinski definition) is 0. The summed E-state index contributed by atoms with van der Waals surface area (Å²) in [6.07, 6.45) is 0. The summed E-state index contributed by atoms with van der Waals surface area (Å²) < 4.78 is 53.2. The number of hydrogen-bond acceptors (Lipinski definition) is 1. The predicted molar refractivity (Wildman–Crippen MR) is 64.5 cm³/mol. The summed E-state index contributed by atoms with van der Waals surface area (Å²) in [6, 6.07) is 2.26. The molecule has 0 aliphatic rings. The second kappa shape index (κ2) is 5.15. The lowest BCUT2D eigenvalue weighted by Gasteiger charge is -2.10. The Morgan fingerprint density at radius 3 is 1.89 bits per heavy atom. The van der Waals surface area contributed by atoms with Crippen molar-refractivity contribution in [2.24, 2.45) is 0 Å². The number of halogens is 7. The van der Waals surface area contributed by atoms with E-state index in [1.54, 1.807) is 0 Å². The second-order valence-electron chi connectivity index (χ2n) is 3.45. The topological polar surface area (TPSA) is 12.9 Å². The number of aromatic nitrogens is 1. The van der Waals surface area contributed by atoms with Gasteiger partial charge in [-0.05, 0) is 12.1 Å². The van der Waals surface area contributed by atoms with E-state index in [-0.39, 0.29) is 20.6 Å². The summed E-state index contributed by atoms with van der Waals surface area (Å²) in [5.41, 5.74) is -1.38. The third-order valence-corrected chi connectivity index (χ3v) is 3.28. The van der Waals surface area contributed by atoms with Crippen LogP contribution < -0.4 is 0 Å². The molecule has 0 aliphatic heterocycles. The van der Waals surface area contributed by atoms with Gasteiger partial charge in [0.25, 0.3) is 11.9 Å². The van der Waals surface area contributed by atoms with Gasteiger partial charge in [0.05, 0.1) is 15.6 Å². The van der Waals surface area contributed by atoms with Crippen LogP contribution in [0.15, 0.2) is 12.1 Å². The Balaban J connectivity index is 2.87. The Morgan fingerprint density at radius 2 is 1.37 bits per heavy atom. The van der Waals surface area contributed by atoms with Crippen molar-refractivity contribution >= 4 is 34.8 Å². The predicted octanol–water partition coefficient (Wildman–Crippen LogP) is 5.27. The highest BCUT2D eigenvalue weighted by atomic mass is 35.5. The van der Waals surface area contributed by atoms with E-state index in [0.717, 1.165) is 6.07 Å². The Bertz CT molecular complexity index is 649. The Labute approximate surface area is 119 Å². The lowest BCUT2D eigenvalue weighted by atomic mass is 10.1. The minimum Gasteiger partial charge on any atom is -0.201 e. The molecule has 0 radical (unpaired) electrons. The van der Waals surface area contributed by atoms with Crippen LogP contribution in [0.4, 0.5) is 17.6 Å². The molecule has 0 amide bonds. The van der Waals surface area contributed by atoms with Crippen LogP contribution in [0.2, 0.25) is 15.1 Å². The van der Waals surface area contributed by atoms with Crippen LogP contribution in [0.3, 0.4) is 0 Å². The van der Waals surface area contributed by atoms with Crippen LogP contribution in [0.25, 0.3) is 11.1 Å². The summed E-state index contributed by atoms with van der Waals surface area (Å²) in [6.45, 7) is 0. The maximum Gasteiger partial charge on any atom is 0.252 e. The van der Waals surface area contributed by atoms with Crippen LogP contribution in [-0.4, -0.2) is 4.98 Å². The van der Waals surface area contributed by atoms with Crippen molar-refractivity contribution in [2.75, 3.05) is 0 Å². The molecule has 0 spiro atoms. The lowest BCUT2D eigenvalue weighted by molar-refractivity contribution is 0.410. The first-order valence-electron chi connectivity index (χ1n) is 4.67. The van der Waals surface area contributed by atoms with Gasteiger partial charge < -0.3 is 0 Å². The summed E-state index contributed by atoms with van der Waals surface area (Å²) in [4.78, 5) is 2.44. The molecule has 0 saturated heterocycles. The first-order valence-corrected chi connectivity index (χ1v) is 5.81. The highest BCUT2D eigenvalue weighted by molar-refractivity contribution is 6.45. The fraction of sp³-hybridized carbons (Fsp3) is 0. The fourth-order valence-electron chi connectivity index (χ4n) is 1.46. The van der Waals surface area contributed by atoms with Crippen molar-refractivity contribution in [3.8, 4) is 11.1 Å². The van der Waals surface area contributed by atoms with Crippen molar-refractivity contribution < 1.29 is 17.6 Å². The van der Waals surface area contributed by atoms with Gasteiger partial charge in [0.2, 0.25) is 0 Å². The summed E-state index contributed by atoms with van der Waals surface area (Å²) in [7, 11) is 0. The molecule has 0 N–H and O–H groups in total. The van der Waals surface area contributed by atoms with Gasteiger partial charge in [-0.3, -0.25) is 0 Å². The van der Waals surface area contributed by atoms with Crippen LogP contribution in [-0.2, 0) is 0 Å². The maximum atomic E-state index is 13.6. The van der Waals surface area contributed by atoms with Gasteiger partial charge in [-0.15, -0.1) is 0 Å². The van der Waals surface area contributed by atoms with Crippen molar-refractivity contribution in [1.29, 1.82) is 0 Å². The molecule has 100 valence electrons. The van der Waals surface area contributed by atoms with Gasteiger partial charge in [-0.1, -0.05) is 34.8 Å². The molecule has 0 fully saturated rings. The monoisotopic (exact) mass is 329 g/mol. The molecule has 1 aromatic carbocycles. The molecule has 19 heavy (non-hydrogen) atoms. The molecule has 0 saturated carbocycles. The Morgan fingerprint density at radius 1 is 0.842 bits per heavy atom. The van der Waals surface area contributed by atoms with Gasteiger partial charge in [0.1, 0.15) is 0 Å². The summed E-state index contributed by atoms with van der Waals surface area (Å²) in [5.74, 6) is -6.94. The molecule has 0 unspecified atom stereocenters. The zero-order valence-electron chi connectivity index (χ0n) is 8.75. The molecule has 2 rings (SSSR count). The number of benzene rings is 1. The largest absolute Gasteiger partial charge is 0.252 e. The van der Waals surface area contributed by atoms with E-state index in [1.807, 2.05) is 0 Å². The maximum absolute atomic E-state index is 13.6. The number of nitrogens with zero attached hydrogens (tertiary/aromatic N) is 1. The average Bonchev–Trinajstić information content (AvgIpc) is 2.33. The average molecular weight is 330 g/mol. The van der Waals surface area contributed by atoms with E-state index >= 15 is 0 Å². The van der Waals surface area contributed by atoms with E-state index in [1.165, 1.54) is 6.07 Å². The molecule has 1 heterocycles. The Hall–Kier alpha value is -1.04. The van der Waals surface area contributed by atoms with Gasteiger partial charge in [0.15, 0.2) is 11.6 Å². The van der Waals surface area contributed by atoms with Gasteiger partial charge in [-0.2, -0.15) is 13.8 Å². The van der Waals surface area contributed by atoms with Crippen molar-refractivity contribution in [2.45, 2.75) is 0 Å². The Kier molecular flexibility index (Phi) is 3.90. The van der Waals surface area contributed by atoms with Crippen molar-refractivity contribution in [3.63, 3.8) is 0 Å². The quantitative estimate of drug-likeness (QED) is 0.394. The van der Waals surface area contributed by atoms with Crippen LogP contribution in [0.5, 0.6) is 0 Å². The zero-order chi connectivity index (χ0) is 14.3. The molecule has 1 aromatic heterocycles. The number of rotatable bonds is 1. The molecule has 1 nitrogen and oxygen atoms in total. The summed E-state index contributed by atoms with van der Waals surface area (Å²) >= 11 is 17.1. The van der Waals surface area contributed by atoms with Crippen molar-refractivity contribution in [1.82, 2.24) is 4.98 Å². The van der Waals surface area contributed by atoms with Crippen LogP contribution in [0.1, 0.15) is 0 Å². The van der Waals surface area contributed by atoms with Crippen molar-refractivity contribution in [3.05, 3.63) is 50.7 Å². The molecule has 8 heteroatoms. The SMILES string of the molecule is Fc1nc(F)c(F)c(-c2cc(Cl)cc(Cl)c2Cl)c1F. The number of pyridine rings is 1. The molecular weight excluding hydrogens is 328 g/mol. The van der Waals surface area contributed by atoms with E-state index in [0.29, 0.717) is 0 Å². The third kappa shape index (κ3) is 2.50. The fourth-order valence-corrected chi connectivity index (χ4v) is 2.16. The van der Waals surface area contributed by atoms with E-state index in [2.05, 4.69) is 4.98 Å². The second-order valence-corrected chi connectivity index (χ2v) is 4.67.